The van der Waals surface area contributed by atoms with Crippen LogP contribution in [0.25, 0.3) is 66.1 Å². The maximum Gasteiger partial charge on any atom is 0.416 e. The molecular weight excluding hydrogens is 626 g/mol. The number of benzene rings is 5. The van der Waals surface area contributed by atoms with E-state index in [0.717, 1.165) is 29.8 Å². The smallest absolute Gasteiger partial charge is 0.308 e. The summed E-state index contributed by atoms with van der Waals surface area (Å²) in [5.41, 5.74) is 2.85. The molecule has 8 rings (SSSR count). The third-order valence-corrected chi connectivity index (χ3v) is 8.70. The van der Waals surface area contributed by atoms with Gasteiger partial charge in [0.25, 0.3) is 0 Å². The Morgan fingerprint density at radius 2 is 0.938 bits per heavy atom. The van der Waals surface area contributed by atoms with Crippen LogP contribution in [0.4, 0.5) is 26.3 Å². The molecule has 0 saturated heterocycles. The average Bonchev–Trinajstić information content (AvgIpc) is 3.59. The maximum absolute atomic E-state index is 13.8. The number of alkyl halides is 6. The third kappa shape index (κ3) is 4.50. The first-order valence-electron chi connectivity index (χ1n) is 14.7. The summed E-state index contributed by atoms with van der Waals surface area (Å²) in [6, 6.07) is 30.6. The van der Waals surface area contributed by atoms with Crippen LogP contribution in [0.3, 0.4) is 0 Å². The van der Waals surface area contributed by atoms with Crippen LogP contribution in [0.1, 0.15) is 16.7 Å². The van der Waals surface area contributed by atoms with Crippen LogP contribution in [0.2, 0.25) is 0 Å². The van der Waals surface area contributed by atoms with Crippen molar-refractivity contribution in [3.63, 3.8) is 0 Å². The molecule has 48 heavy (non-hydrogen) atoms. The summed E-state index contributed by atoms with van der Waals surface area (Å²) >= 11 is 0. The zero-order chi connectivity index (χ0) is 33.4. The van der Waals surface area contributed by atoms with E-state index in [1.54, 1.807) is 94.3 Å². The number of halogens is 6. The van der Waals surface area contributed by atoms with Crippen LogP contribution < -0.4 is 0 Å². The molecule has 3 heterocycles. The number of nitrogens with zero attached hydrogens (tertiary/aromatic N) is 4. The molecule has 0 saturated carbocycles. The summed E-state index contributed by atoms with van der Waals surface area (Å²) in [4.78, 5) is 4.12. The molecule has 0 aliphatic rings. The minimum atomic E-state index is -4.56. The molecule has 0 amide bonds. The number of aromatic nitrogens is 3. The molecule has 10 heteroatoms. The summed E-state index contributed by atoms with van der Waals surface area (Å²) in [6.45, 7) is 0. The lowest BCUT2D eigenvalue weighted by Crippen LogP contribution is -2.06. The largest absolute Gasteiger partial charge is 0.416 e. The van der Waals surface area contributed by atoms with Gasteiger partial charge in [-0.2, -0.15) is 31.6 Å². The van der Waals surface area contributed by atoms with E-state index in [2.05, 4.69) is 11.1 Å². The van der Waals surface area contributed by atoms with Gasteiger partial charge in [0.2, 0.25) is 0 Å². The topological polar surface area (TPSA) is 46.5 Å². The first kappa shape index (κ1) is 29.3. The third-order valence-electron chi connectivity index (χ3n) is 8.70. The van der Waals surface area contributed by atoms with Crippen LogP contribution in [-0.4, -0.2) is 14.1 Å². The zero-order valence-corrected chi connectivity index (χ0v) is 24.6. The Balaban J connectivity index is 1.53. The van der Waals surface area contributed by atoms with Crippen LogP contribution in [-0.2, 0) is 12.4 Å². The Kier molecular flexibility index (Phi) is 6.40. The number of nitriles is 1. The van der Waals surface area contributed by atoms with E-state index >= 15 is 0 Å². The van der Waals surface area contributed by atoms with Crippen LogP contribution >= 0.6 is 0 Å². The van der Waals surface area contributed by atoms with Crippen molar-refractivity contribution < 1.29 is 26.3 Å². The van der Waals surface area contributed by atoms with Crippen LogP contribution in [0, 0.1) is 11.3 Å². The minimum Gasteiger partial charge on any atom is -0.308 e. The summed E-state index contributed by atoms with van der Waals surface area (Å²) in [7, 11) is 0. The summed E-state index contributed by atoms with van der Waals surface area (Å²) in [6.07, 6.45) is -5.89. The Morgan fingerprint density at radius 3 is 1.38 bits per heavy atom. The van der Waals surface area contributed by atoms with Crippen molar-refractivity contribution in [3.05, 3.63) is 138 Å². The van der Waals surface area contributed by atoms with Crippen molar-refractivity contribution in [2.24, 2.45) is 0 Å². The Hall–Kier alpha value is -6.08. The van der Waals surface area contributed by atoms with Gasteiger partial charge in [-0.25, -0.2) is 0 Å². The highest BCUT2D eigenvalue weighted by atomic mass is 19.4. The highest BCUT2D eigenvalue weighted by Crippen LogP contribution is 2.42. The molecule has 0 spiro atoms. The summed E-state index contributed by atoms with van der Waals surface area (Å²) < 4.78 is 86.6. The molecule has 0 aliphatic heterocycles. The van der Waals surface area contributed by atoms with Gasteiger partial charge in [0.1, 0.15) is 11.6 Å². The number of pyridine rings is 1. The van der Waals surface area contributed by atoms with Gasteiger partial charge >= 0.3 is 12.4 Å². The van der Waals surface area contributed by atoms with Crippen molar-refractivity contribution in [1.82, 2.24) is 14.1 Å². The molecular formula is C38H20F6N4. The minimum absolute atomic E-state index is 0.179. The highest BCUT2D eigenvalue weighted by molar-refractivity contribution is 6.11. The average molecular weight is 647 g/mol. The second-order valence-electron chi connectivity index (χ2n) is 11.4. The summed E-state index contributed by atoms with van der Waals surface area (Å²) in [5.74, 6) is 0. The van der Waals surface area contributed by atoms with Gasteiger partial charge in [0.15, 0.2) is 0 Å². The van der Waals surface area contributed by atoms with Crippen molar-refractivity contribution in [2.45, 2.75) is 12.4 Å². The molecule has 0 fully saturated rings. The van der Waals surface area contributed by atoms with Crippen LogP contribution in [0.5, 0.6) is 0 Å². The fourth-order valence-electron chi connectivity index (χ4n) is 6.61. The van der Waals surface area contributed by atoms with Crippen molar-refractivity contribution in [2.75, 3.05) is 0 Å². The quantitative estimate of drug-likeness (QED) is 0.179. The van der Waals surface area contributed by atoms with Crippen molar-refractivity contribution >= 4 is 43.6 Å². The monoisotopic (exact) mass is 646 g/mol. The molecule has 3 aromatic heterocycles. The number of hydrogen-bond donors (Lipinski definition) is 0. The molecule has 4 nitrogen and oxygen atoms in total. The fraction of sp³-hybridized carbons (Fsp3) is 0.0526. The van der Waals surface area contributed by atoms with Gasteiger partial charge in [-0.15, -0.1) is 0 Å². The molecule has 0 aliphatic carbocycles. The number of para-hydroxylation sites is 2. The van der Waals surface area contributed by atoms with Gasteiger partial charge in [0.05, 0.1) is 44.6 Å². The Morgan fingerprint density at radius 1 is 0.500 bits per heavy atom. The molecule has 234 valence electrons. The predicted octanol–water partition coefficient (Wildman–Crippen LogP) is 10.9. The van der Waals surface area contributed by atoms with E-state index < -0.39 is 23.5 Å². The molecule has 0 bridgehead atoms. The van der Waals surface area contributed by atoms with Crippen molar-refractivity contribution in [3.8, 4) is 28.6 Å². The van der Waals surface area contributed by atoms with E-state index in [0.29, 0.717) is 60.5 Å². The fourth-order valence-corrected chi connectivity index (χ4v) is 6.61. The molecule has 0 atom stereocenters. The van der Waals surface area contributed by atoms with Gasteiger partial charge < -0.3 is 9.13 Å². The number of fused-ring (bicyclic) bond motifs is 6. The molecule has 0 radical (unpaired) electrons. The summed E-state index contributed by atoms with van der Waals surface area (Å²) in [5, 5.41) is 12.7. The van der Waals surface area contributed by atoms with E-state index in [4.69, 9.17) is 0 Å². The Labute approximate surface area is 268 Å². The van der Waals surface area contributed by atoms with E-state index in [9.17, 15) is 31.6 Å². The van der Waals surface area contributed by atoms with Gasteiger partial charge in [-0.1, -0.05) is 36.4 Å². The van der Waals surface area contributed by atoms with Crippen molar-refractivity contribution in [1.29, 1.82) is 5.26 Å². The molecule has 5 aromatic carbocycles. The lowest BCUT2D eigenvalue weighted by atomic mass is 10.0. The van der Waals surface area contributed by atoms with Gasteiger partial charge in [-0.05, 0) is 83.9 Å². The van der Waals surface area contributed by atoms with Gasteiger partial charge in [0, 0.05) is 33.9 Å². The van der Waals surface area contributed by atoms with E-state index in [1.165, 1.54) is 12.1 Å². The van der Waals surface area contributed by atoms with E-state index in [1.807, 2.05) is 0 Å². The molecule has 8 aromatic rings. The van der Waals surface area contributed by atoms with Crippen LogP contribution in [0.15, 0.2) is 122 Å². The molecule has 0 N–H and O–H groups in total. The lowest BCUT2D eigenvalue weighted by Gasteiger charge is -2.18. The second kappa shape index (κ2) is 10.5. The zero-order valence-electron chi connectivity index (χ0n) is 24.6. The maximum atomic E-state index is 13.8. The SMILES string of the molecule is N#Cc1c(-n2c3ccccc3c3cc(C(F)(F)F)ccc32)cc(-c2ccncc2)cc1-n1c2ccccc2c2cc(C(F)(F)F)ccc21. The van der Waals surface area contributed by atoms with Gasteiger partial charge in [-0.3, -0.25) is 4.98 Å². The predicted molar refractivity (Wildman–Crippen MR) is 173 cm³/mol. The number of rotatable bonds is 3. The first-order chi connectivity index (χ1) is 23.0. The molecule has 0 unspecified atom stereocenters. The normalized spacial score (nSPS) is 12.4. The van der Waals surface area contributed by atoms with E-state index in [-0.39, 0.29) is 5.56 Å². The number of hydrogen-bond acceptors (Lipinski definition) is 2. The highest BCUT2D eigenvalue weighted by Gasteiger charge is 2.33. The Bertz CT molecular complexity index is 2450. The first-order valence-corrected chi connectivity index (χ1v) is 14.7. The second-order valence-corrected chi connectivity index (χ2v) is 11.4. The standard InChI is InChI=1S/C38H20F6N4/c39-37(40,41)24-9-11-33-28(19-24)26-5-1-3-7-31(26)47(33)35-17-23(22-13-15-46-16-14-22)18-36(30(35)21-45)48-32-8-4-2-6-27(32)29-20-25(38(42,43)44)10-12-34(29)48/h1-20H. The lowest BCUT2D eigenvalue weighted by molar-refractivity contribution is -0.138.